The first-order valence-corrected chi connectivity index (χ1v) is 12.8. The van der Waals surface area contributed by atoms with Gasteiger partial charge in [0.25, 0.3) is 0 Å². The molecule has 1 N–H and O–H groups in total. The first-order valence-electron chi connectivity index (χ1n) is 12.8. The van der Waals surface area contributed by atoms with Crippen molar-refractivity contribution in [1.82, 2.24) is 0 Å². The summed E-state index contributed by atoms with van der Waals surface area (Å²) in [6.07, 6.45) is 11.8. The molecule has 0 aromatic carbocycles. The van der Waals surface area contributed by atoms with Crippen molar-refractivity contribution in [3.63, 3.8) is 0 Å². The van der Waals surface area contributed by atoms with Crippen LogP contribution in [0.1, 0.15) is 98.8 Å². The Morgan fingerprint density at radius 2 is 1.87 bits per heavy atom. The molecule has 1 aliphatic heterocycles. The van der Waals surface area contributed by atoms with Crippen molar-refractivity contribution in [2.75, 3.05) is 6.54 Å². The number of nitrogens with zero attached hydrogens (tertiary/aromatic N) is 1. The van der Waals surface area contributed by atoms with Crippen LogP contribution < -0.4 is 0 Å². The van der Waals surface area contributed by atoms with Crippen molar-refractivity contribution in [1.29, 1.82) is 0 Å². The molecule has 0 aromatic rings. The number of fused-ring (bicyclic) bond motifs is 4. The van der Waals surface area contributed by atoms with Crippen molar-refractivity contribution < 1.29 is 5.11 Å². The van der Waals surface area contributed by atoms with E-state index in [1.165, 1.54) is 62.7 Å². The maximum Gasteiger partial charge on any atom is 0.0543 e. The molecule has 0 aromatic heterocycles. The van der Waals surface area contributed by atoms with Gasteiger partial charge in [0.2, 0.25) is 0 Å². The maximum absolute atomic E-state index is 10.3. The highest BCUT2D eigenvalue weighted by Gasteiger charge is 2.52. The van der Waals surface area contributed by atoms with E-state index in [1.807, 2.05) is 0 Å². The lowest BCUT2D eigenvalue weighted by atomic mass is 9.50. The molecule has 4 aliphatic rings. The number of hydrogen-bond donors (Lipinski definition) is 1. The van der Waals surface area contributed by atoms with Crippen molar-refractivity contribution >= 4 is 5.71 Å². The molecule has 1 fully saturated rings. The zero-order chi connectivity index (χ0) is 21.7. The van der Waals surface area contributed by atoms with Gasteiger partial charge in [0.15, 0.2) is 0 Å². The second kappa shape index (κ2) is 8.23. The molecule has 0 amide bonds. The third kappa shape index (κ3) is 3.65. The minimum Gasteiger partial charge on any atom is -0.393 e. The molecule has 0 radical (unpaired) electrons. The first kappa shape index (κ1) is 22.3. The average Bonchev–Trinajstić information content (AvgIpc) is 2.71. The third-order valence-corrected chi connectivity index (χ3v) is 9.92. The Bertz CT molecular complexity index is 746. The van der Waals surface area contributed by atoms with Gasteiger partial charge in [0.1, 0.15) is 0 Å². The number of hydrogen-bond acceptors (Lipinski definition) is 2. The molecule has 1 saturated carbocycles. The van der Waals surface area contributed by atoms with E-state index in [0.717, 1.165) is 31.2 Å². The summed E-state index contributed by atoms with van der Waals surface area (Å²) in [5, 5.41) is 10.3. The summed E-state index contributed by atoms with van der Waals surface area (Å²) in [6, 6.07) is 0. The number of aliphatic imine (C=N–C) groups is 1. The summed E-state index contributed by atoms with van der Waals surface area (Å²) < 4.78 is 0. The quantitative estimate of drug-likeness (QED) is 0.479. The smallest absolute Gasteiger partial charge is 0.0543 e. The Labute approximate surface area is 185 Å². The second-order valence-electron chi connectivity index (χ2n) is 11.9. The Kier molecular flexibility index (Phi) is 6.12. The lowest BCUT2D eigenvalue weighted by molar-refractivity contribution is 0.0239. The van der Waals surface area contributed by atoms with Crippen molar-refractivity contribution in [2.24, 2.45) is 39.5 Å². The molecule has 3 aliphatic carbocycles. The Morgan fingerprint density at radius 3 is 2.60 bits per heavy atom. The van der Waals surface area contributed by atoms with Gasteiger partial charge in [-0.1, -0.05) is 52.3 Å². The lowest BCUT2D eigenvalue weighted by Crippen LogP contribution is -2.50. The van der Waals surface area contributed by atoms with Crippen molar-refractivity contribution in [3.05, 3.63) is 23.3 Å². The van der Waals surface area contributed by atoms with Crippen LogP contribution in [0.2, 0.25) is 0 Å². The van der Waals surface area contributed by atoms with Gasteiger partial charge in [0.05, 0.1) is 6.10 Å². The molecule has 30 heavy (non-hydrogen) atoms. The topological polar surface area (TPSA) is 32.6 Å². The third-order valence-electron chi connectivity index (χ3n) is 9.92. The lowest BCUT2D eigenvalue weighted by Gasteiger charge is -2.55. The van der Waals surface area contributed by atoms with Crippen molar-refractivity contribution in [2.45, 2.75) is 105 Å². The fraction of sp³-hybridized carbons (Fsp3) is 0.821. The molecule has 2 nitrogen and oxygen atoms in total. The zero-order valence-electron chi connectivity index (χ0n) is 20.3. The molecule has 0 spiro atoms. The van der Waals surface area contributed by atoms with Crippen LogP contribution in [0, 0.1) is 34.5 Å². The number of rotatable bonds is 5. The minimum absolute atomic E-state index is 0.0723. The summed E-state index contributed by atoms with van der Waals surface area (Å²) in [5.74, 6) is 2.75. The number of aliphatic hydroxyl groups is 1. The van der Waals surface area contributed by atoms with E-state index in [2.05, 4.69) is 41.2 Å². The Hall–Kier alpha value is -0.890. The summed E-state index contributed by atoms with van der Waals surface area (Å²) in [5.41, 5.74) is 6.87. The number of allylic oxidation sites excluding steroid dienone is 3. The molecular weight excluding hydrogens is 366 g/mol. The van der Waals surface area contributed by atoms with Gasteiger partial charge in [-0.05, 0) is 98.9 Å². The molecule has 1 heterocycles. The zero-order valence-corrected chi connectivity index (χ0v) is 20.3. The van der Waals surface area contributed by atoms with Crippen LogP contribution in [0.4, 0.5) is 0 Å². The highest BCUT2D eigenvalue weighted by Crippen LogP contribution is 2.60. The minimum atomic E-state index is -0.0723. The Balaban J connectivity index is 1.58. The van der Waals surface area contributed by atoms with Gasteiger partial charge in [-0.2, -0.15) is 0 Å². The standard InChI is InChI=1S/C28H45NO/c1-18(2)19(3)7-8-20(4)24-13-16-29-26-23-10-9-21-17-22(30)11-14-27(21,5)25(23)12-15-28(24,26)6/h18,20-22,24,30H,3,7-17H2,1-2,4-6H3. The highest BCUT2D eigenvalue weighted by molar-refractivity contribution is 6.06. The van der Waals surface area contributed by atoms with E-state index in [0.29, 0.717) is 17.3 Å². The monoisotopic (exact) mass is 411 g/mol. The predicted molar refractivity (Wildman–Crippen MR) is 128 cm³/mol. The van der Waals surface area contributed by atoms with E-state index >= 15 is 0 Å². The second-order valence-corrected chi connectivity index (χ2v) is 11.9. The molecule has 6 atom stereocenters. The van der Waals surface area contributed by atoms with E-state index in [-0.39, 0.29) is 11.5 Å². The molecule has 168 valence electrons. The van der Waals surface area contributed by atoms with Gasteiger partial charge in [-0.25, -0.2) is 0 Å². The molecule has 0 bridgehead atoms. The largest absolute Gasteiger partial charge is 0.393 e. The van der Waals surface area contributed by atoms with Crippen LogP contribution in [0.15, 0.2) is 28.3 Å². The highest BCUT2D eigenvalue weighted by atomic mass is 16.3. The number of aliphatic hydroxyl groups excluding tert-OH is 1. The average molecular weight is 412 g/mol. The summed E-state index contributed by atoms with van der Waals surface area (Å²) in [6.45, 7) is 17.4. The predicted octanol–water partition coefficient (Wildman–Crippen LogP) is 7.13. The summed E-state index contributed by atoms with van der Waals surface area (Å²) in [7, 11) is 0. The summed E-state index contributed by atoms with van der Waals surface area (Å²) >= 11 is 0. The van der Waals surface area contributed by atoms with Crippen LogP contribution in [-0.4, -0.2) is 23.5 Å². The van der Waals surface area contributed by atoms with E-state index in [1.54, 1.807) is 11.1 Å². The molecule has 2 heteroatoms. The van der Waals surface area contributed by atoms with Crippen molar-refractivity contribution in [3.8, 4) is 0 Å². The molecule has 4 rings (SSSR count). The van der Waals surface area contributed by atoms with E-state index < -0.39 is 0 Å². The van der Waals surface area contributed by atoms with Gasteiger partial charge in [0, 0.05) is 17.7 Å². The maximum atomic E-state index is 10.3. The van der Waals surface area contributed by atoms with Crippen LogP contribution >= 0.6 is 0 Å². The van der Waals surface area contributed by atoms with Gasteiger partial charge < -0.3 is 5.11 Å². The Morgan fingerprint density at radius 1 is 1.10 bits per heavy atom. The van der Waals surface area contributed by atoms with Gasteiger partial charge in [-0.15, -0.1) is 0 Å². The van der Waals surface area contributed by atoms with Gasteiger partial charge in [-0.3, -0.25) is 4.99 Å². The molecular formula is C28H45NO. The molecule has 6 unspecified atom stereocenters. The first-order chi connectivity index (χ1) is 14.2. The van der Waals surface area contributed by atoms with Crippen LogP contribution in [0.3, 0.4) is 0 Å². The molecule has 0 saturated heterocycles. The van der Waals surface area contributed by atoms with Crippen LogP contribution in [-0.2, 0) is 0 Å². The summed E-state index contributed by atoms with van der Waals surface area (Å²) in [4.78, 5) is 5.24. The fourth-order valence-corrected chi connectivity index (χ4v) is 7.66. The van der Waals surface area contributed by atoms with E-state index in [4.69, 9.17) is 4.99 Å². The fourth-order valence-electron chi connectivity index (χ4n) is 7.66. The van der Waals surface area contributed by atoms with E-state index in [9.17, 15) is 5.11 Å². The normalized spacial score (nSPS) is 39.7. The van der Waals surface area contributed by atoms with Gasteiger partial charge >= 0.3 is 0 Å². The van der Waals surface area contributed by atoms with Crippen LogP contribution in [0.5, 0.6) is 0 Å². The van der Waals surface area contributed by atoms with Crippen LogP contribution in [0.25, 0.3) is 0 Å². The SMILES string of the molecule is C=C(CCC(C)C1CCN=C2C3=C(CCC21C)C1(C)CCC(O)CC1CC3)C(C)C.